The van der Waals surface area contributed by atoms with E-state index in [1.807, 2.05) is 6.07 Å². The minimum Gasteiger partial charge on any atom is -0.465 e. The number of piperidine rings is 1. The van der Waals surface area contributed by atoms with E-state index in [4.69, 9.17) is 5.11 Å². The van der Waals surface area contributed by atoms with Crippen molar-refractivity contribution in [3.8, 4) is 11.1 Å². The van der Waals surface area contributed by atoms with Crippen molar-refractivity contribution >= 4 is 6.09 Å². The lowest BCUT2D eigenvalue weighted by molar-refractivity contribution is 0.123. The summed E-state index contributed by atoms with van der Waals surface area (Å²) >= 11 is 0. The van der Waals surface area contributed by atoms with Crippen LogP contribution in [0.3, 0.4) is 0 Å². The van der Waals surface area contributed by atoms with Crippen LogP contribution >= 0.6 is 0 Å². The summed E-state index contributed by atoms with van der Waals surface area (Å²) in [5.41, 5.74) is 3.89. The summed E-state index contributed by atoms with van der Waals surface area (Å²) in [6.07, 6.45) is 3.42. The van der Waals surface area contributed by atoms with Crippen LogP contribution in [0.1, 0.15) is 24.8 Å². The maximum Gasteiger partial charge on any atom is 0.407 e. The van der Waals surface area contributed by atoms with Crippen molar-refractivity contribution in [1.29, 1.82) is 0 Å². The van der Waals surface area contributed by atoms with E-state index >= 15 is 0 Å². The Bertz CT molecular complexity index is 646. The SMILES string of the molecule is O=C(O)N1CCC(CCc2cccc(-c3ccccc3)c2)CC1. The van der Waals surface area contributed by atoms with Gasteiger partial charge in [-0.2, -0.15) is 0 Å². The number of benzene rings is 2. The molecule has 120 valence electrons. The van der Waals surface area contributed by atoms with Crippen LogP contribution in [0.5, 0.6) is 0 Å². The van der Waals surface area contributed by atoms with Crippen LogP contribution in [0.15, 0.2) is 54.6 Å². The minimum atomic E-state index is -0.779. The van der Waals surface area contributed by atoms with Gasteiger partial charge in [0.15, 0.2) is 0 Å². The van der Waals surface area contributed by atoms with E-state index in [0.29, 0.717) is 19.0 Å². The first-order chi connectivity index (χ1) is 11.2. The predicted molar refractivity (Wildman–Crippen MR) is 92.5 cm³/mol. The third-order valence-electron chi connectivity index (χ3n) is 4.76. The Hall–Kier alpha value is -2.29. The second-order valence-electron chi connectivity index (χ2n) is 6.32. The molecule has 0 spiro atoms. The van der Waals surface area contributed by atoms with Crippen LogP contribution in [0.2, 0.25) is 0 Å². The van der Waals surface area contributed by atoms with Crippen molar-refractivity contribution in [3.63, 3.8) is 0 Å². The second-order valence-corrected chi connectivity index (χ2v) is 6.32. The molecule has 3 rings (SSSR count). The van der Waals surface area contributed by atoms with E-state index in [1.54, 1.807) is 0 Å². The number of rotatable bonds is 4. The number of carboxylic acid groups (broad SMARTS) is 1. The van der Waals surface area contributed by atoms with Crippen LogP contribution in [0.4, 0.5) is 4.79 Å². The maximum atomic E-state index is 10.9. The largest absolute Gasteiger partial charge is 0.465 e. The van der Waals surface area contributed by atoms with Crippen molar-refractivity contribution < 1.29 is 9.90 Å². The number of likely N-dealkylation sites (tertiary alicyclic amines) is 1. The maximum absolute atomic E-state index is 10.9. The lowest BCUT2D eigenvalue weighted by Crippen LogP contribution is -2.37. The van der Waals surface area contributed by atoms with Crippen molar-refractivity contribution in [2.75, 3.05) is 13.1 Å². The van der Waals surface area contributed by atoms with Crippen molar-refractivity contribution in [3.05, 3.63) is 60.2 Å². The van der Waals surface area contributed by atoms with Gasteiger partial charge in [-0.3, -0.25) is 0 Å². The predicted octanol–water partition coefficient (Wildman–Crippen LogP) is 4.68. The van der Waals surface area contributed by atoms with Gasteiger partial charge in [0.05, 0.1) is 0 Å². The first-order valence-electron chi connectivity index (χ1n) is 8.34. The topological polar surface area (TPSA) is 40.5 Å². The minimum absolute atomic E-state index is 0.644. The zero-order valence-electron chi connectivity index (χ0n) is 13.3. The fourth-order valence-corrected chi connectivity index (χ4v) is 3.32. The Morgan fingerprint density at radius 2 is 1.70 bits per heavy atom. The number of hydrogen-bond donors (Lipinski definition) is 1. The summed E-state index contributed by atoms with van der Waals surface area (Å²) in [6, 6.07) is 19.2. The van der Waals surface area contributed by atoms with Crippen LogP contribution in [0, 0.1) is 5.92 Å². The highest BCUT2D eigenvalue weighted by Crippen LogP contribution is 2.25. The number of aryl methyl sites for hydroxylation is 1. The molecule has 0 aromatic heterocycles. The average Bonchev–Trinajstić information content (AvgIpc) is 2.61. The third-order valence-corrected chi connectivity index (χ3v) is 4.76. The molecule has 0 bridgehead atoms. The molecule has 1 aliphatic rings. The lowest BCUT2D eigenvalue weighted by atomic mass is 9.90. The van der Waals surface area contributed by atoms with Crippen LogP contribution < -0.4 is 0 Å². The Morgan fingerprint density at radius 3 is 2.39 bits per heavy atom. The van der Waals surface area contributed by atoms with E-state index in [1.165, 1.54) is 21.6 Å². The van der Waals surface area contributed by atoms with Crippen LogP contribution in [-0.2, 0) is 6.42 Å². The Kier molecular flexibility index (Phi) is 4.96. The highest BCUT2D eigenvalue weighted by molar-refractivity contribution is 5.65. The molecule has 0 aliphatic carbocycles. The molecule has 1 heterocycles. The number of nitrogens with zero attached hydrogens (tertiary/aromatic N) is 1. The lowest BCUT2D eigenvalue weighted by Gasteiger charge is -2.30. The summed E-state index contributed by atoms with van der Waals surface area (Å²) in [7, 11) is 0. The molecule has 0 radical (unpaired) electrons. The van der Waals surface area contributed by atoms with E-state index in [2.05, 4.69) is 48.5 Å². The number of carbonyl (C=O) groups is 1. The summed E-state index contributed by atoms with van der Waals surface area (Å²) in [5.74, 6) is 0.644. The van der Waals surface area contributed by atoms with Gasteiger partial charge >= 0.3 is 6.09 Å². The summed E-state index contributed by atoms with van der Waals surface area (Å²) < 4.78 is 0. The van der Waals surface area contributed by atoms with Gasteiger partial charge in [0, 0.05) is 13.1 Å². The zero-order valence-corrected chi connectivity index (χ0v) is 13.3. The smallest absolute Gasteiger partial charge is 0.407 e. The average molecular weight is 309 g/mol. The number of amides is 1. The number of hydrogen-bond acceptors (Lipinski definition) is 1. The fraction of sp³-hybridized carbons (Fsp3) is 0.350. The molecule has 23 heavy (non-hydrogen) atoms. The molecule has 1 saturated heterocycles. The van der Waals surface area contributed by atoms with Gasteiger partial charge in [0.25, 0.3) is 0 Å². The Morgan fingerprint density at radius 1 is 1.00 bits per heavy atom. The third kappa shape index (κ3) is 4.13. The summed E-state index contributed by atoms with van der Waals surface area (Å²) in [5, 5.41) is 9.00. The van der Waals surface area contributed by atoms with Gasteiger partial charge in [-0.05, 0) is 48.3 Å². The van der Waals surface area contributed by atoms with Crippen LogP contribution in [0.25, 0.3) is 11.1 Å². The first kappa shape index (κ1) is 15.6. The van der Waals surface area contributed by atoms with E-state index in [9.17, 15) is 4.79 Å². The van der Waals surface area contributed by atoms with Gasteiger partial charge in [-0.15, -0.1) is 0 Å². The molecule has 2 aromatic carbocycles. The van der Waals surface area contributed by atoms with Crippen molar-refractivity contribution in [2.45, 2.75) is 25.7 Å². The molecule has 3 nitrogen and oxygen atoms in total. The molecule has 2 aromatic rings. The van der Waals surface area contributed by atoms with Crippen LogP contribution in [-0.4, -0.2) is 29.2 Å². The van der Waals surface area contributed by atoms with E-state index in [0.717, 1.165) is 25.7 Å². The second kappa shape index (κ2) is 7.32. The van der Waals surface area contributed by atoms with Gasteiger partial charge in [-0.25, -0.2) is 4.79 Å². The molecule has 0 unspecified atom stereocenters. The molecule has 1 aliphatic heterocycles. The molecule has 1 fully saturated rings. The van der Waals surface area contributed by atoms with Gasteiger partial charge in [-0.1, -0.05) is 54.6 Å². The van der Waals surface area contributed by atoms with Gasteiger partial charge < -0.3 is 10.0 Å². The van der Waals surface area contributed by atoms with Crippen molar-refractivity contribution in [1.82, 2.24) is 4.90 Å². The van der Waals surface area contributed by atoms with E-state index < -0.39 is 6.09 Å². The molecule has 1 amide bonds. The molecule has 3 heteroatoms. The highest BCUT2D eigenvalue weighted by Gasteiger charge is 2.21. The quantitative estimate of drug-likeness (QED) is 0.891. The zero-order chi connectivity index (χ0) is 16.1. The molecular formula is C20H23NO2. The summed E-state index contributed by atoms with van der Waals surface area (Å²) in [6.45, 7) is 1.37. The summed E-state index contributed by atoms with van der Waals surface area (Å²) in [4.78, 5) is 12.5. The Labute approximate surface area is 137 Å². The monoisotopic (exact) mass is 309 g/mol. The normalized spacial score (nSPS) is 15.6. The molecular weight excluding hydrogens is 286 g/mol. The molecule has 0 saturated carbocycles. The first-order valence-corrected chi connectivity index (χ1v) is 8.34. The standard InChI is InChI=1S/C20H23NO2/c22-20(23)21-13-11-16(12-14-21)9-10-17-5-4-8-19(15-17)18-6-2-1-3-7-18/h1-8,15-16H,9-14H2,(H,22,23). The Balaban J connectivity index is 1.56. The van der Waals surface area contributed by atoms with E-state index in [-0.39, 0.29) is 0 Å². The fourth-order valence-electron chi connectivity index (χ4n) is 3.32. The van der Waals surface area contributed by atoms with Gasteiger partial charge in [0.1, 0.15) is 0 Å². The highest BCUT2D eigenvalue weighted by atomic mass is 16.4. The van der Waals surface area contributed by atoms with Gasteiger partial charge in [0.2, 0.25) is 0 Å². The molecule has 0 atom stereocenters. The molecule has 1 N–H and O–H groups in total. The van der Waals surface area contributed by atoms with Crippen molar-refractivity contribution in [2.24, 2.45) is 5.92 Å².